The Balaban J connectivity index is 1.32. The summed E-state index contributed by atoms with van der Waals surface area (Å²) in [4.78, 5) is 47.2. The molecular formula is C26H21N3O4. The molecule has 2 aliphatic carbocycles. The Labute approximate surface area is 190 Å². The van der Waals surface area contributed by atoms with Crippen LogP contribution in [0.3, 0.4) is 0 Å². The number of Topliss-reactive ketones (excluding diaryl/α,β-unsaturated/α-hetero) is 2. The van der Waals surface area contributed by atoms with Crippen LogP contribution in [0.5, 0.6) is 0 Å². The number of hydrogen-bond donors (Lipinski definition) is 1. The van der Waals surface area contributed by atoms with Crippen LogP contribution in [0.4, 0.5) is 11.4 Å². The van der Waals surface area contributed by atoms with E-state index in [1.165, 1.54) is 23.4 Å². The lowest BCUT2D eigenvalue weighted by atomic mass is 9.91. The van der Waals surface area contributed by atoms with Crippen LogP contribution >= 0.6 is 0 Å². The molecule has 0 bridgehead atoms. The molecule has 3 aromatic rings. The third-order valence-corrected chi connectivity index (χ3v) is 7.13. The number of fused-ring (bicyclic) bond motifs is 4. The lowest BCUT2D eigenvalue weighted by Crippen LogP contribution is -2.26. The fourth-order valence-corrected chi connectivity index (χ4v) is 5.67. The summed E-state index contributed by atoms with van der Waals surface area (Å²) in [5.74, 6) is -2.58. The number of carboxylic acids is 1. The van der Waals surface area contributed by atoms with Crippen molar-refractivity contribution in [1.29, 1.82) is 0 Å². The minimum atomic E-state index is -1.28. The van der Waals surface area contributed by atoms with Crippen molar-refractivity contribution < 1.29 is 19.5 Å². The van der Waals surface area contributed by atoms with Gasteiger partial charge in [-0.25, -0.2) is 14.8 Å². The van der Waals surface area contributed by atoms with Gasteiger partial charge in [0.1, 0.15) is 11.4 Å². The van der Waals surface area contributed by atoms with Gasteiger partial charge in [0.2, 0.25) is 0 Å². The van der Waals surface area contributed by atoms with E-state index in [-0.39, 0.29) is 29.3 Å². The van der Waals surface area contributed by atoms with Gasteiger partial charge in [0.05, 0.1) is 12.1 Å². The number of anilines is 2. The zero-order valence-corrected chi connectivity index (χ0v) is 17.8. The Morgan fingerprint density at radius 1 is 1.03 bits per heavy atom. The quantitative estimate of drug-likeness (QED) is 0.608. The predicted octanol–water partition coefficient (Wildman–Crippen LogP) is 4.20. The number of carbonyl (C=O) groups is 3. The lowest BCUT2D eigenvalue weighted by molar-refractivity contribution is 0.0689. The number of nitrogens with zero attached hydrogens (tertiary/aromatic N) is 3. The van der Waals surface area contributed by atoms with E-state index < -0.39 is 17.7 Å². The summed E-state index contributed by atoms with van der Waals surface area (Å²) in [6, 6.07) is 17.1. The first-order valence-corrected chi connectivity index (χ1v) is 11.2. The maximum Gasteiger partial charge on any atom is 0.356 e. The van der Waals surface area contributed by atoms with Gasteiger partial charge in [-0.05, 0) is 48.6 Å². The van der Waals surface area contributed by atoms with Crippen molar-refractivity contribution in [2.24, 2.45) is 5.92 Å². The average Bonchev–Trinajstić information content (AvgIpc) is 3.48. The van der Waals surface area contributed by atoms with Crippen LogP contribution in [0.25, 0.3) is 0 Å². The van der Waals surface area contributed by atoms with Crippen LogP contribution in [0, 0.1) is 5.92 Å². The van der Waals surface area contributed by atoms with E-state index in [1.807, 2.05) is 12.1 Å². The van der Waals surface area contributed by atoms with Gasteiger partial charge in [-0.1, -0.05) is 36.8 Å². The number of aromatic nitrogens is 2. The van der Waals surface area contributed by atoms with Crippen molar-refractivity contribution in [3.63, 3.8) is 0 Å². The molecule has 0 spiro atoms. The normalized spacial score (nSPS) is 22.9. The minimum absolute atomic E-state index is 0.0257. The molecule has 164 valence electrons. The molecule has 1 fully saturated rings. The van der Waals surface area contributed by atoms with Crippen LogP contribution in [-0.4, -0.2) is 38.7 Å². The van der Waals surface area contributed by atoms with Gasteiger partial charge in [-0.2, -0.15) is 0 Å². The largest absolute Gasteiger partial charge is 0.476 e. The molecule has 0 amide bonds. The monoisotopic (exact) mass is 439 g/mol. The zero-order chi connectivity index (χ0) is 22.7. The van der Waals surface area contributed by atoms with Crippen molar-refractivity contribution in [3.8, 4) is 0 Å². The Morgan fingerprint density at radius 3 is 2.61 bits per heavy atom. The van der Waals surface area contributed by atoms with Crippen LogP contribution in [0.2, 0.25) is 0 Å². The second-order valence-corrected chi connectivity index (χ2v) is 8.95. The Bertz CT molecular complexity index is 1320. The summed E-state index contributed by atoms with van der Waals surface area (Å²) in [6.45, 7) is 0. The molecule has 1 aromatic heterocycles. The summed E-state index contributed by atoms with van der Waals surface area (Å²) in [5, 5.41) is 9.13. The van der Waals surface area contributed by atoms with Crippen molar-refractivity contribution in [1.82, 2.24) is 9.97 Å². The molecule has 2 aromatic carbocycles. The number of carbonyl (C=O) groups excluding carboxylic acids is 2. The summed E-state index contributed by atoms with van der Waals surface area (Å²) in [5.41, 5.74) is 4.09. The van der Waals surface area contributed by atoms with Crippen LogP contribution < -0.4 is 4.90 Å². The summed E-state index contributed by atoms with van der Waals surface area (Å²) in [7, 11) is 0. The van der Waals surface area contributed by atoms with E-state index in [4.69, 9.17) is 5.11 Å². The molecule has 1 N–H and O–H groups in total. The smallest absolute Gasteiger partial charge is 0.356 e. The highest BCUT2D eigenvalue weighted by atomic mass is 16.4. The summed E-state index contributed by atoms with van der Waals surface area (Å²) in [6.07, 6.45) is 4.74. The van der Waals surface area contributed by atoms with E-state index in [0.717, 1.165) is 24.6 Å². The SMILES string of the molecule is O=C(O)c1cnc2c(n1)C(=O)C(Cc1ccc3c(c1)C1CCCC1N3c1ccccc1)C2=O. The van der Waals surface area contributed by atoms with Crippen molar-refractivity contribution in [2.75, 3.05) is 4.90 Å². The van der Waals surface area contributed by atoms with Gasteiger partial charge in [-0.3, -0.25) is 9.59 Å². The second kappa shape index (κ2) is 7.33. The highest BCUT2D eigenvalue weighted by Crippen LogP contribution is 2.52. The van der Waals surface area contributed by atoms with E-state index >= 15 is 0 Å². The van der Waals surface area contributed by atoms with E-state index in [1.54, 1.807) is 0 Å². The van der Waals surface area contributed by atoms with E-state index in [2.05, 4.69) is 51.3 Å². The molecule has 3 unspecified atom stereocenters. The molecule has 0 saturated heterocycles. The number of carboxylic acid groups (broad SMARTS) is 1. The maximum atomic E-state index is 12.9. The Kier molecular flexibility index (Phi) is 4.40. The number of ketones is 2. The van der Waals surface area contributed by atoms with Crippen molar-refractivity contribution >= 4 is 28.9 Å². The van der Waals surface area contributed by atoms with Gasteiger partial charge in [-0.15, -0.1) is 0 Å². The molecule has 7 nitrogen and oxygen atoms in total. The number of benzene rings is 2. The van der Waals surface area contributed by atoms with Gasteiger partial charge in [0.25, 0.3) is 0 Å². The van der Waals surface area contributed by atoms with Crippen LogP contribution in [0.1, 0.15) is 67.8 Å². The van der Waals surface area contributed by atoms with Crippen molar-refractivity contribution in [3.05, 3.63) is 82.9 Å². The first kappa shape index (κ1) is 19.8. The molecule has 7 heteroatoms. The second-order valence-electron chi connectivity index (χ2n) is 8.95. The highest BCUT2D eigenvalue weighted by Gasteiger charge is 2.44. The number of rotatable bonds is 4. The topological polar surface area (TPSA) is 100 Å². The predicted molar refractivity (Wildman–Crippen MR) is 120 cm³/mol. The molecule has 33 heavy (non-hydrogen) atoms. The van der Waals surface area contributed by atoms with Crippen LogP contribution in [0.15, 0.2) is 54.7 Å². The third kappa shape index (κ3) is 2.99. The molecule has 1 saturated carbocycles. The number of hydrogen-bond acceptors (Lipinski definition) is 6. The van der Waals surface area contributed by atoms with Gasteiger partial charge >= 0.3 is 5.97 Å². The Hall–Kier alpha value is -3.87. The molecule has 3 atom stereocenters. The molecular weight excluding hydrogens is 418 g/mol. The van der Waals surface area contributed by atoms with Gasteiger partial charge < -0.3 is 10.0 Å². The summed E-state index contributed by atoms with van der Waals surface area (Å²) < 4.78 is 0. The van der Waals surface area contributed by atoms with Gasteiger partial charge in [0.15, 0.2) is 17.3 Å². The molecule has 6 rings (SSSR count). The van der Waals surface area contributed by atoms with E-state index in [0.29, 0.717) is 12.0 Å². The van der Waals surface area contributed by atoms with Gasteiger partial charge in [0, 0.05) is 23.3 Å². The zero-order valence-electron chi connectivity index (χ0n) is 17.8. The maximum absolute atomic E-state index is 12.9. The summed E-state index contributed by atoms with van der Waals surface area (Å²) >= 11 is 0. The fraction of sp³-hybridized carbons (Fsp3) is 0.269. The first-order valence-electron chi connectivity index (χ1n) is 11.2. The molecule has 0 radical (unpaired) electrons. The van der Waals surface area contributed by atoms with Crippen molar-refractivity contribution in [2.45, 2.75) is 37.6 Å². The number of para-hydroxylation sites is 1. The van der Waals surface area contributed by atoms with Crippen LogP contribution in [-0.2, 0) is 6.42 Å². The standard InChI is InChI=1S/C26H21N3O4/c30-24-18(25(31)23-22(24)27-13-19(28-23)26(32)33)12-14-9-10-21-17(11-14)16-7-4-8-20(16)29(21)15-5-2-1-3-6-15/h1-3,5-6,9-11,13,16,18,20H,4,7-8,12H2,(H,32,33). The molecule has 3 aliphatic rings. The molecule has 1 aliphatic heterocycles. The van der Waals surface area contributed by atoms with E-state index in [9.17, 15) is 14.4 Å². The minimum Gasteiger partial charge on any atom is -0.476 e. The Morgan fingerprint density at radius 2 is 1.82 bits per heavy atom. The lowest BCUT2D eigenvalue weighted by Gasteiger charge is -2.27. The number of aromatic carboxylic acids is 1. The average molecular weight is 439 g/mol. The highest BCUT2D eigenvalue weighted by molar-refractivity contribution is 6.24. The third-order valence-electron chi connectivity index (χ3n) is 7.13. The molecule has 2 heterocycles. The fourth-order valence-electron chi connectivity index (χ4n) is 5.67. The first-order chi connectivity index (χ1) is 16.0.